The van der Waals surface area contributed by atoms with Crippen LogP contribution < -0.4 is 0 Å². The molecule has 0 amide bonds. The van der Waals surface area contributed by atoms with E-state index in [1.54, 1.807) is 6.92 Å². The molecule has 0 aliphatic rings. The molecule has 108 valence electrons. The average molecular weight is 285 g/mol. The number of rotatable bonds is 6. The summed E-state index contributed by atoms with van der Waals surface area (Å²) in [5, 5.41) is 9.68. The summed E-state index contributed by atoms with van der Waals surface area (Å²) in [5.74, 6) is 0. The lowest BCUT2D eigenvalue weighted by Gasteiger charge is -2.30. The molecule has 0 heterocycles. The van der Waals surface area contributed by atoms with Crippen LogP contribution in [0.3, 0.4) is 0 Å². The molecule has 1 rings (SSSR count). The van der Waals surface area contributed by atoms with Crippen LogP contribution in [0.25, 0.3) is 0 Å². The predicted octanol–water partition coefficient (Wildman–Crippen LogP) is 1.47. The lowest BCUT2D eigenvalue weighted by atomic mass is 10.1. The van der Waals surface area contributed by atoms with Crippen molar-refractivity contribution in [3.05, 3.63) is 35.9 Å². The molecule has 1 N–H and O–H groups in total. The first-order valence-corrected chi connectivity index (χ1v) is 8.31. The summed E-state index contributed by atoms with van der Waals surface area (Å²) in [4.78, 5) is 1.88. The van der Waals surface area contributed by atoms with Crippen LogP contribution in [0.5, 0.6) is 0 Å². The van der Waals surface area contributed by atoms with E-state index in [-0.39, 0.29) is 6.04 Å². The van der Waals surface area contributed by atoms with Gasteiger partial charge in [0.1, 0.15) is 0 Å². The summed E-state index contributed by atoms with van der Waals surface area (Å²) in [6, 6.07) is 9.23. The quantitative estimate of drug-likeness (QED) is 0.860. The average Bonchev–Trinajstić information content (AvgIpc) is 2.36. The summed E-state index contributed by atoms with van der Waals surface area (Å²) < 4.78 is 23.1. The highest BCUT2D eigenvalue weighted by atomic mass is 32.2. The van der Waals surface area contributed by atoms with Gasteiger partial charge in [-0.3, -0.25) is 4.90 Å². The van der Waals surface area contributed by atoms with Gasteiger partial charge in [0.25, 0.3) is 0 Å². The molecule has 0 fully saturated rings. The van der Waals surface area contributed by atoms with Gasteiger partial charge in [-0.15, -0.1) is 0 Å². The van der Waals surface area contributed by atoms with Crippen molar-refractivity contribution in [2.75, 3.05) is 19.8 Å². The maximum Gasteiger partial charge on any atom is 0.151 e. The molecule has 0 aromatic heterocycles. The van der Waals surface area contributed by atoms with Gasteiger partial charge >= 0.3 is 0 Å². The van der Waals surface area contributed by atoms with Gasteiger partial charge in [-0.1, -0.05) is 30.3 Å². The van der Waals surface area contributed by atoms with E-state index in [1.165, 1.54) is 6.26 Å². The molecule has 3 atom stereocenters. The summed E-state index contributed by atoms with van der Waals surface area (Å²) in [7, 11) is -1.24. The third-order valence-electron chi connectivity index (χ3n) is 3.70. The van der Waals surface area contributed by atoms with Crippen LogP contribution in [0.4, 0.5) is 0 Å². The first kappa shape index (κ1) is 16.1. The number of aliphatic hydroxyl groups excluding tert-OH is 1. The minimum Gasteiger partial charge on any atom is -0.387 e. The zero-order valence-electron chi connectivity index (χ0n) is 11.9. The van der Waals surface area contributed by atoms with Crippen LogP contribution in [-0.2, 0) is 9.84 Å². The number of likely N-dealkylation sites (N-methyl/N-ethyl adjacent to an activating group) is 1. The molecule has 0 aliphatic carbocycles. The zero-order valence-corrected chi connectivity index (χ0v) is 12.8. The van der Waals surface area contributed by atoms with Crippen LogP contribution >= 0.6 is 0 Å². The van der Waals surface area contributed by atoms with Crippen molar-refractivity contribution in [1.82, 2.24) is 4.90 Å². The fourth-order valence-corrected chi connectivity index (χ4v) is 2.86. The van der Waals surface area contributed by atoms with E-state index in [0.29, 0.717) is 6.54 Å². The lowest BCUT2D eigenvalue weighted by molar-refractivity contribution is 0.108. The maximum atomic E-state index is 11.5. The highest BCUT2D eigenvalue weighted by Gasteiger charge is 2.26. The Morgan fingerprint density at radius 3 is 2.21 bits per heavy atom. The Kier molecular flexibility index (Phi) is 5.52. The lowest BCUT2D eigenvalue weighted by Crippen LogP contribution is -2.43. The maximum absolute atomic E-state index is 11.5. The topological polar surface area (TPSA) is 57.6 Å². The van der Waals surface area contributed by atoms with Crippen LogP contribution in [0.15, 0.2) is 30.3 Å². The number of sulfone groups is 1. The monoisotopic (exact) mass is 285 g/mol. The van der Waals surface area contributed by atoms with Gasteiger partial charge < -0.3 is 5.11 Å². The highest BCUT2D eigenvalue weighted by molar-refractivity contribution is 7.91. The molecule has 0 saturated carbocycles. The van der Waals surface area contributed by atoms with Crippen molar-refractivity contribution < 1.29 is 13.5 Å². The van der Waals surface area contributed by atoms with Crippen LogP contribution in [-0.4, -0.2) is 49.6 Å². The SMILES string of the molecule is CC(C(C)S(C)(=O)=O)N(C)CC(O)c1ccccc1. The number of nitrogens with zero attached hydrogens (tertiary/aromatic N) is 1. The van der Waals surface area contributed by atoms with Crippen molar-refractivity contribution in [3.63, 3.8) is 0 Å². The Hall–Kier alpha value is -0.910. The molecule has 0 aliphatic heterocycles. The molecular formula is C14H23NO3S. The van der Waals surface area contributed by atoms with E-state index >= 15 is 0 Å². The Morgan fingerprint density at radius 2 is 1.74 bits per heavy atom. The fraction of sp³-hybridized carbons (Fsp3) is 0.571. The van der Waals surface area contributed by atoms with Crippen molar-refractivity contribution >= 4 is 9.84 Å². The molecule has 3 unspecified atom stereocenters. The molecule has 4 nitrogen and oxygen atoms in total. The fourth-order valence-electron chi connectivity index (χ4n) is 1.94. The third-order valence-corrected chi connectivity index (χ3v) is 5.44. The summed E-state index contributed by atoms with van der Waals surface area (Å²) >= 11 is 0. The zero-order chi connectivity index (χ0) is 14.6. The van der Waals surface area contributed by atoms with Crippen LogP contribution in [0.2, 0.25) is 0 Å². The minimum absolute atomic E-state index is 0.145. The van der Waals surface area contributed by atoms with E-state index < -0.39 is 21.2 Å². The largest absolute Gasteiger partial charge is 0.387 e. The number of hydrogen-bond acceptors (Lipinski definition) is 4. The van der Waals surface area contributed by atoms with Gasteiger partial charge in [-0.25, -0.2) is 8.42 Å². The van der Waals surface area contributed by atoms with Gasteiger partial charge in [0, 0.05) is 18.8 Å². The van der Waals surface area contributed by atoms with Gasteiger partial charge in [0.2, 0.25) is 0 Å². The second-order valence-corrected chi connectivity index (χ2v) is 7.54. The Bertz CT molecular complexity index is 487. The van der Waals surface area contributed by atoms with Crippen LogP contribution in [0, 0.1) is 0 Å². The summed E-state index contributed by atoms with van der Waals surface area (Å²) in [6.45, 7) is 3.97. The van der Waals surface area contributed by atoms with E-state index in [2.05, 4.69) is 0 Å². The van der Waals surface area contributed by atoms with Gasteiger partial charge in [0.05, 0.1) is 11.4 Å². The van der Waals surface area contributed by atoms with Crippen molar-refractivity contribution in [1.29, 1.82) is 0 Å². The molecule has 0 saturated heterocycles. The summed E-state index contributed by atoms with van der Waals surface area (Å²) in [6.07, 6.45) is 0.635. The normalized spacial score (nSPS) is 17.2. The van der Waals surface area contributed by atoms with Gasteiger partial charge in [-0.2, -0.15) is 0 Å². The Morgan fingerprint density at radius 1 is 1.21 bits per heavy atom. The number of aliphatic hydroxyl groups is 1. The molecular weight excluding hydrogens is 262 g/mol. The summed E-state index contributed by atoms with van der Waals surface area (Å²) in [5.41, 5.74) is 0.841. The number of benzene rings is 1. The molecule has 0 radical (unpaired) electrons. The second-order valence-electron chi connectivity index (χ2n) is 5.14. The minimum atomic E-state index is -3.07. The van der Waals surface area contributed by atoms with Crippen molar-refractivity contribution in [2.45, 2.75) is 31.2 Å². The van der Waals surface area contributed by atoms with Gasteiger partial charge in [-0.05, 0) is 26.5 Å². The second kappa shape index (κ2) is 6.50. The standard InChI is InChI=1S/C14H23NO3S/c1-11(12(2)19(4,17)18)15(3)10-14(16)13-8-6-5-7-9-13/h5-9,11-12,14,16H,10H2,1-4H3. The molecule has 5 heteroatoms. The van der Waals surface area contributed by atoms with E-state index in [9.17, 15) is 13.5 Å². The van der Waals surface area contributed by atoms with Crippen molar-refractivity contribution in [3.8, 4) is 0 Å². The van der Waals surface area contributed by atoms with Crippen molar-refractivity contribution in [2.24, 2.45) is 0 Å². The third kappa shape index (κ3) is 4.60. The Balaban J connectivity index is 2.67. The van der Waals surface area contributed by atoms with E-state index in [4.69, 9.17) is 0 Å². The first-order chi connectivity index (χ1) is 8.73. The Labute approximate surface area is 116 Å². The van der Waals surface area contributed by atoms with E-state index in [0.717, 1.165) is 5.56 Å². The van der Waals surface area contributed by atoms with Gasteiger partial charge in [0.15, 0.2) is 9.84 Å². The first-order valence-electron chi connectivity index (χ1n) is 6.35. The van der Waals surface area contributed by atoms with Crippen LogP contribution in [0.1, 0.15) is 25.5 Å². The molecule has 1 aromatic rings. The smallest absolute Gasteiger partial charge is 0.151 e. The van der Waals surface area contributed by atoms with E-state index in [1.807, 2.05) is 49.2 Å². The highest BCUT2D eigenvalue weighted by Crippen LogP contribution is 2.16. The number of hydrogen-bond donors (Lipinski definition) is 1. The molecule has 0 bridgehead atoms. The molecule has 1 aromatic carbocycles. The molecule has 19 heavy (non-hydrogen) atoms. The predicted molar refractivity (Wildman–Crippen MR) is 77.8 cm³/mol. The molecule has 0 spiro atoms.